The lowest BCUT2D eigenvalue weighted by Crippen LogP contribution is -2.20. The fourth-order valence-corrected chi connectivity index (χ4v) is 2.11. The van der Waals surface area contributed by atoms with Crippen molar-refractivity contribution < 1.29 is 13.2 Å². The summed E-state index contributed by atoms with van der Waals surface area (Å²) in [7, 11) is -1.60. The molecule has 1 aromatic rings. The van der Waals surface area contributed by atoms with Crippen LogP contribution in [0.1, 0.15) is 17.5 Å². The Bertz CT molecular complexity index is 478. The SMILES string of the molecule is CCS(=O)(=O)CC(=O)c1ncc(I)n1C. The van der Waals surface area contributed by atoms with Crippen LogP contribution in [0.3, 0.4) is 0 Å². The summed E-state index contributed by atoms with van der Waals surface area (Å²) in [4.78, 5) is 15.5. The van der Waals surface area contributed by atoms with E-state index in [-0.39, 0.29) is 11.6 Å². The van der Waals surface area contributed by atoms with Gasteiger partial charge in [-0.15, -0.1) is 0 Å². The van der Waals surface area contributed by atoms with Crippen molar-refractivity contribution in [2.24, 2.45) is 7.05 Å². The standard InChI is InChI=1S/C8H11IN2O3S/c1-3-15(13,14)5-6(12)8-10-4-7(9)11(8)2/h4H,3,5H2,1-2H3. The quantitative estimate of drug-likeness (QED) is 0.595. The zero-order chi connectivity index (χ0) is 11.6. The Morgan fingerprint density at radius 1 is 1.60 bits per heavy atom. The predicted molar refractivity (Wildman–Crippen MR) is 64.6 cm³/mol. The highest BCUT2D eigenvalue weighted by Crippen LogP contribution is 2.07. The van der Waals surface area contributed by atoms with Gasteiger partial charge >= 0.3 is 0 Å². The second-order valence-corrected chi connectivity index (χ2v) is 6.52. The van der Waals surface area contributed by atoms with E-state index >= 15 is 0 Å². The number of nitrogens with zero attached hydrogens (tertiary/aromatic N) is 2. The van der Waals surface area contributed by atoms with Gasteiger partial charge in [0, 0.05) is 12.8 Å². The molecule has 0 saturated carbocycles. The van der Waals surface area contributed by atoms with Gasteiger partial charge < -0.3 is 4.57 Å². The van der Waals surface area contributed by atoms with Crippen LogP contribution in [0.2, 0.25) is 0 Å². The van der Waals surface area contributed by atoms with Gasteiger partial charge in [0.15, 0.2) is 15.7 Å². The maximum Gasteiger partial charge on any atom is 0.213 e. The van der Waals surface area contributed by atoms with Crippen LogP contribution >= 0.6 is 22.6 Å². The summed E-state index contributed by atoms with van der Waals surface area (Å²) in [5.41, 5.74) is 0. The fraction of sp³-hybridized carbons (Fsp3) is 0.500. The molecule has 84 valence electrons. The molecule has 0 radical (unpaired) electrons. The highest BCUT2D eigenvalue weighted by molar-refractivity contribution is 14.1. The largest absolute Gasteiger partial charge is 0.320 e. The van der Waals surface area contributed by atoms with E-state index in [1.807, 2.05) is 22.6 Å². The van der Waals surface area contributed by atoms with Crippen molar-refractivity contribution in [3.8, 4) is 0 Å². The molecule has 7 heteroatoms. The van der Waals surface area contributed by atoms with Crippen molar-refractivity contribution in [1.82, 2.24) is 9.55 Å². The third-order valence-electron chi connectivity index (χ3n) is 1.97. The van der Waals surface area contributed by atoms with Crippen molar-refractivity contribution in [3.63, 3.8) is 0 Å². The van der Waals surface area contributed by atoms with Crippen LogP contribution in [0, 0.1) is 3.70 Å². The van der Waals surface area contributed by atoms with Gasteiger partial charge in [-0.25, -0.2) is 13.4 Å². The molecule has 1 aromatic heterocycles. The highest BCUT2D eigenvalue weighted by atomic mass is 127. The van der Waals surface area contributed by atoms with Gasteiger partial charge in [0.2, 0.25) is 5.78 Å². The molecule has 0 N–H and O–H groups in total. The maximum atomic E-state index is 11.6. The Labute approximate surface area is 102 Å². The smallest absolute Gasteiger partial charge is 0.213 e. The first-order chi connectivity index (χ1) is 6.87. The van der Waals surface area contributed by atoms with E-state index in [0.29, 0.717) is 0 Å². The summed E-state index contributed by atoms with van der Waals surface area (Å²) in [6.45, 7) is 1.52. The van der Waals surface area contributed by atoms with Crippen molar-refractivity contribution in [1.29, 1.82) is 0 Å². The molecular formula is C8H11IN2O3S. The number of hydrogen-bond donors (Lipinski definition) is 0. The molecule has 5 nitrogen and oxygen atoms in total. The van der Waals surface area contributed by atoms with Crippen molar-refractivity contribution in [2.45, 2.75) is 6.92 Å². The van der Waals surface area contributed by atoms with Crippen LogP contribution in [0.25, 0.3) is 0 Å². The zero-order valence-electron chi connectivity index (χ0n) is 8.40. The third-order valence-corrected chi connectivity index (χ3v) is 4.56. The minimum Gasteiger partial charge on any atom is -0.320 e. The first kappa shape index (κ1) is 12.6. The van der Waals surface area contributed by atoms with E-state index in [1.54, 1.807) is 11.6 Å². The van der Waals surface area contributed by atoms with Crippen LogP contribution in [0.4, 0.5) is 0 Å². The lowest BCUT2D eigenvalue weighted by Gasteiger charge is -2.01. The topological polar surface area (TPSA) is 69.0 Å². The molecule has 0 amide bonds. The summed E-state index contributed by atoms with van der Waals surface area (Å²) in [5.74, 6) is -0.760. The number of carbonyl (C=O) groups excluding carboxylic acids is 1. The van der Waals surface area contributed by atoms with E-state index in [1.165, 1.54) is 13.1 Å². The van der Waals surface area contributed by atoms with Gasteiger partial charge in [0.1, 0.15) is 5.75 Å². The molecule has 0 aliphatic carbocycles. The van der Waals surface area contributed by atoms with Crippen LogP contribution in [0.5, 0.6) is 0 Å². The minimum absolute atomic E-state index is 0.0275. The van der Waals surface area contributed by atoms with Gasteiger partial charge in [-0.05, 0) is 22.6 Å². The van der Waals surface area contributed by atoms with E-state index in [0.717, 1.165) is 3.70 Å². The number of hydrogen-bond acceptors (Lipinski definition) is 4. The maximum absolute atomic E-state index is 11.6. The van der Waals surface area contributed by atoms with Gasteiger partial charge in [-0.3, -0.25) is 4.79 Å². The number of ketones is 1. The highest BCUT2D eigenvalue weighted by Gasteiger charge is 2.20. The van der Waals surface area contributed by atoms with Crippen LogP contribution < -0.4 is 0 Å². The second-order valence-electron chi connectivity index (χ2n) is 3.06. The molecule has 0 aliphatic rings. The van der Waals surface area contributed by atoms with Gasteiger partial charge in [0.25, 0.3) is 0 Å². The zero-order valence-corrected chi connectivity index (χ0v) is 11.4. The molecule has 0 aliphatic heterocycles. The number of sulfone groups is 1. The van der Waals surface area contributed by atoms with Crippen molar-refractivity contribution >= 4 is 38.2 Å². The number of carbonyl (C=O) groups is 1. The van der Waals surface area contributed by atoms with Crippen LogP contribution in [-0.2, 0) is 16.9 Å². The summed E-state index contributed by atoms with van der Waals surface area (Å²) >= 11 is 2.02. The first-order valence-electron chi connectivity index (χ1n) is 4.28. The molecule has 15 heavy (non-hydrogen) atoms. The lowest BCUT2D eigenvalue weighted by molar-refractivity contribution is 0.100. The van der Waals surface area contributed by atoms with Gasteiger partial charge in [-0.1, -0.05) is 6.92 Å². The molecule has 1 heterocycles. The predicted octanol–water partition coefficient (Wildman–Crippen LogP) is 0.642. The molecular weight excluding hydrogens is 331 g/mol. The Morgan fingerprint density at radius 3 is 2.60 bits per heavy atom. The van der Waals surface area contributed by atoms with E-state index in [4.69, 9.17) is 0 Å². The van der Waals surface area contributed by atoms with Gasteiger partial charge in [0.05, 0.1) is 9.90 Å². The number of aromatic nitrogens is 2. The molecule has 0 fully saturated rings. The normalized spacial score (nSPS) is 11.7. The summed E-state index contributed by atoms with van der Waals surface area (Å²) in [6.07, 6.45) is 1.53. The Morgan fingerprint density at radius 2 is 2.20 bits per heavy atom. The number of imidazole rings is 1. The van der Waals surface area contributed by atoms with E-state index in [9.17, 15) is 13.2 Å². The second kappa shape index (κ2) is 4.60. The molecule has 0 bridgehead atoms. The van der Waals surface area contributed by atoms with E-state index in [2.05, 4.69) is 4.98 Å². The number of halogens is 1. The average Bonchev–Trinajstić information content (AvgIpc) is 2.47. The first-order valence-corrected chi connectivity index (χ1v) is 7.18. The Balaban J connectivity index is 2.93. The minimum atomic E-state index is -3.28. The molecule has 1 rings (SSSR count). The number of Topliss-reactive ketones (excluding diaryl/α,β-unsaturated/α-hetero) is 1. The average molecular weight is 342 g/mol. The fourth-order valence-electron chi connectivity index (χ4n) is 1.01. The van der Waals surface area contributed by atoms with Gasteiger partial charge in [-0.2, -0.15) is 0 Å². The monoisotopic (exact) mass is 342 g/mol. The number of rotatable bonds is 4. The lowest BCUT2D eigenvalue weighted by atomic mass is 10.4. The summed E-state index contributed by atoms with van der Waals surface area (Å²) in [6, 6.07) is 0. The summed E-state index contributed by atoms with van der Waals surface area (Å²) in [5, 5.41) is 0. The van der Waals surface area contributed by atoms with Crippen molar-refractivity contribution in [3.05, 3.63) is 15.7 Å². The molecule has 0 unspecified atom stereocenters. The van der Waals surface area contributed by atoms with Crippen molar-refractivity contribution in [2.75, 3.05) is 11.5 Å². The molecule has 0 spiro atoms. The molecule has 0 atom stereocenters. The van der Waals surface area contributed by atoms with Crippen LogP contribution in [-0.4, -0.2) is 35.3 Å². The molecule has 0 saturated heterocycles. The Kier molecular flexibility index (Phi) is 3.87. The summed E-state index contributed by atoms with van der Waals surface area (Å²) < 4.78 is 24.9. The third kappa shape index (κ3) is 3.00. The molecule has 0 aromatic carbocycles. The Hall–Kier alpha value is -0.440. The van der Waals surface area contributed by atoms with E-state index < -0.39 is 21.4 Å². The van der Waals surface area contributed by atoms with Crippen LogP contribution in [0.15, 0.2) is 6.20 Å².